The lowest BCUT2D eigenvalue weighted by Crippen LogP contribution is -2.23. The van der Waals surface area contributed by atoms with Crippen LogP contribution in [0.5, 0.6) is 0 Å². The van der Waals surface area contributed by atoms with Crippen molar-refractivity contribution in [3.05, 3.63) is 69.7 Å². The third kappa shape index (κ3) is 4.61. The molecule has 1 nitrogen and oxygen atoms in total. The molecule has 1 N–H and O–H groups in total. The molecule has 0 aliphatic heterocycles. The highest BCUT2D eigenvalue weighted by atomic mass is 79.9. The van der Waals surface area contributed by atoms with Crippen molar-refractivity contribution >= 4 is 15.9 Å². The van der Waals surface area contributed by atoms with Crippen LogP contribution in [-0.2, 0) is 6.42 Å². The Hall–Kier alpha value is -1.26. The molecular weight excluding hydrogens is 336 g/mol. The Labute approximate surface area is 132 Å². The van der Waals surface area contributed by atoms with E-state index in [1.807, 2.05) is 31.2 Å². The first-order valence-electron chi connectivity index (χ1n) is 7.00. The van der Waals surface area contributed by atoms with Gasteiger partial charge in [0.25, 0.3) is 0 Å². The van der Waals surface area contributed by atoms with Crippen LogP contribution in [0.2, 0.25) is 0 Å². The van der Waals surface area contributed by atoms with Gasteiger partial charge in [-0.1, -0.05) is 35.0 Å². The molecule has 2 aromatic carbocycles. The summed E-state index contributed by atoms with van der Waals surface area (Å²) in [4.78, 5) is 0. The molecular formula is C17H18BrF2N. The molecule has 0 aliphatic rings. The summed E-state index contributed by atoms with van der Waals surface area (Å²) < 4.78 is 28.2. The molecule has 0 fully saturated rings. The maximum absolute atomic E-state index is 13.8. The van der Waals surface area contributed by atoms with Gasteiger partial charge in [-0.25, -0.2) is 8.78 Å². The van der Waals surface area contributed by atoms with E-state index in [2.05, 4.69) is 21.2 Å². The molecule has 0 heterocycles. The summed E-state index contributed by atoms with van der Waals surface area (Å²) in [5.41, 5.74) is 1.53. The molecule has 0 aliphatic carbocycles. The fourth-order valence-corrected chi connectivity index (χ4v) is 2.59. The van der Waals surface area contributed by atoms with E-state index >= 15 is 0 Å². The van der Waals surface area contributed by atoms with E-state index in [0.29, 0.717) is 12.0 Å². The second kappa shape index (κ2) is 7.66. The van der Waals surface area contributed by atoms with Crippen molar-refractivity contribution in [3.63, 3.8) is 0 Å². The van der Waals surface area contributed by atoms with E-state index < -0.39 is 5.82 Å². The molecule has 1 unspecified atom stereocenters. The van der Waals surface area contributed by atoms with Crippen LogP contribution in [0.1, 0.15) is 24.0 Å². The second-order valence-electron chi connectivity index (χ2n) is 5.00. The van der Waals surface area contributed by atoms with Gasteiger partial charge >= 0.3 is 0 Å². The zero-order chi connectivity index (χ0) is 15.2. The summed E-state index contributed by atoms with van der Waals surface area (Å²) in [6.45, 7) is 3.61. The molecule has 112 valence electrons. The molecule has 0 saturated heterocycles. The lowest BCUT2D eigenvalue weighted by molar-refractivity contribution is 0.551. The van der Waals surface area contributed by atoms with E-state index in [9.17, 15) is 8.78 Å². The van der Waals surface area contributed by atoms with E-state index in [1.165, 1.54) is 12.1 Å². The minimum atomic E-state index is -0.399. The topological polar surface area (TPSA) is 12.0 Å². The minimum absolute atomic E-state index is 0.106. The van der Waals surface area contributed by atoms with Crippen molar-refractivity contribution in [2.24, 2.45) is 0 Å². The van der Waals surface area contributed by atoms with Crippen molar-refractivity contribution in [1.29, 1.82) is 0 Å². The van der Waals surface area contributed by atoms with Gasteiger partial charge in [0.05, 0.1) is 0 Å². The summed E-state index contributed by atoms with van der Waals surface area (Å²) >= 11 is 3.41. The van der Waals surface area contributed by atoms with E-state index in [1.54, 1.807) is 0 Å². The molecule has 1 atom stereocenters. The summed E-state index contributed by atoms with van der Waals surface area (Å²) in [7, 11) is 0. The Kier molecular flexibility index (Phi) is 5.88. The van der Waals surface area contributed by atoms with Crippen molar-refractivity contribution < 1.29 is 8.78 Å². The Morgan fingerprint density at radius 2 is 1.81 bits per heavy atom. The fraction of sp³-hybridized carbons (Fsp3) is 0.294. The highest BCUT2D eigenvalue weighted by Gasteiger charge is 2.15. The first-order chi connectivity index (χ1) is 10.1. The third-order valence-electron chi connectivity index (χ3n) is 3.46. The van der Waals surface area contributed by atoms with Gasteiger partial charge in [-0.15, -0.1) is 0 Å². The largest absolute Gasteiger partial charge is 0.316 e. The van der Waals surface area contributed by atoms with Gasteiger partial charge in [0.2, 0.25) is 0 Å². The first-order valence-corrected chi connectivity index (χ1v) is 7.79. The minimum Gasteiger partial charge on any atom is -0.316 e. The van der Waals surface area contributed by atoms with Crippen LogP contribution in [0.4, 0.5) is 8.78 Å². The van der Waals surface area contributed by atoms with Crippen LogP contribution in [0.15, 0.2) is 46.9 Å². The van der Waals surface area contributed by atoms with Gasteiger partial charge in [0.15, 0.2) is 0 Å². The van der Waals surface area contributed by atoms with Gasteiger partial charge < -0.3 is 5.32 Å². The summed E-state index contributed by atoms with van der Waals surface area (Å²) in [6.07, 6.45) is 0.470. The van der Waals surface area contributed by atoms with Crippen molar-refractivity contribution in [1.82, 2.24) is 5.32 Å². The second-order valence-corrected chi connectivity index (χ2v) is 5.91. The SMILES string of the molecule is CCNCC(Cc1cc(F)ccc1F)c1ccc(Br)cc1. The molecule has 0 aromatic heterocycles. The predicted molar refractivity (Wildman–Crippen MR) is 85.5 cm³/mol. The smallest absolute Gasteiger partial charge is 0.126 e. The average molecular weight is 354 g/mol. The normalized spacial score (nSPS) is 12.4. The number of likely N-dealkylation sites (N-methyl/N-ethyl adjacent to an activating group) is 1. The van der Waals surface area contributed by atoms with Gasteiger partial charge in [-0.05, 0) is 54.4 Å². The average Bonchev–Trinajstić information content (AvgIpc) is 2.48. The van der Waals surface area contributed by atoms with Crippen molar-refractivity contribution in [2.45, 2.75) is 19.3 Å². The molecule has 0 spiro atoms. The Balaban J connectivity index is 2.23. The van der Waals surface area contributed by atoms with Gasteiger partial charge in [-0.3, -0.25) is 0 Å². The summed E-state index contributed by atoms with van der Waals surface area (Å²) in [6, 6.07) is 11.6. The monoisotopic (exact) mass is 353 g/mol. The third-order valence-corrected chi connectivity index (χ3v) is 3.98. The number of halogens is 3. The van der Waals surface area contributed by atoms with E-state index in [0.717, 1.165) is 29.2 Å². The van der Waals surface area contributed by atoms with Gasteiger partial charge in [-0.2, -0.15) is 0 Å². The number of hydrogen-bond acceptors (Lipinski definition) is 1. The van der Waals surface area contributed by atoms with Gasteiger partial charge in [0.1, 0.15) is 11.6 Å². The lowest BCUT2D eigenvalue weighted by atomic mass is 9.91. The molecule has 21 heavy (non-hydrogen) atoms. The van der Waals surface area contributed by atoms with Crippen LogP contribution >= 0.6 is 15.9 Å². The van der Waals surface area contributed by atoms with Crippen molar-refractivity contribution in [3.8, 4) is 0 Å². The Morgan fingerprint density at radius 3 is 2.48 bits per heavy atom. The van der Waals surface area contributed by atoms with Crippen LogP contribution in [0, 0.1) is 11.6 Å². The number of nitrogens with one attached hydrogen (secondary N) is 1. The number of hydrogen-bond donors (Lipinski definition) is 1. The zero-order valence-corrected chi connectivity index (χ0v) is 13.5. The Bertz CT molecular complexity index is 584. The summed E-state index contributed by atoms with van der Waals surface area (Å²) in [5.74, 6) is -0.645. The molecule has 0 bridgehead atoms. The molecule has 0 amide bonds. The van der Waals surface area contributed by atoms with Crippen LogP contribution in [-0.4, -0.2) is 13.1 Å². The molecule has 2 rings (SSSR count). The van der Waals surface area contributed by atoms with E-state index in [-0.39, 0.29) is 11.7 Å². The standard InChI is InChI=1S/C17H18BrF2N/c1-2-21-11-14(12-3-5-15(18)6-4-12)9-13-10-16(19)7-8-17(13)20/h3-8,10,14,21H,2,9,11H2,1H3. The number of rotatable bonds is 6. The Morgan fingerprint density at radius 1 is 1.10 bits per heavy atom. The number of benzene rings is 2. The van der Waals surface area contributed by atoms with Crippen LogP contribution in [0.3, 0.4) is 0 Å². The lowest BCUT2D eigenvalue weighted by Gasteiger charge is -2.18. The van der Waals surface area contributed by atoms with E-state index in [4.69, 9.17) is 0 Å². The van der Waals surface area contributed by atoms with Gasteiger partial charge in [0, 0.05) is 16.9 Å². The quantitative estimate of drug-likeness (QED) is 0.795. The van der Waals surface area contributed by atoms with Crippen molar-refractivity contribution in [2.75, 3.05) is 13.1 Å². The molecule has 0 radical (unpaired) electrons. The first kappa shape index (κ1) is 16.1. The molecule has 2 aromatic rings. The zero-order valence-electron chi connectivity index (χ0n) is 11.9. The maximum Gasteiger partial charge on any atom is 0.126 e. The predicted octanol–water partition coefficient (Wildman–Crippen LogP) is 4.66. The maximum atomic E-state index is 13.8. The summed E-state index contributed by atoms with van der Waals surface area (Å²) in [5, 5.41) is 3.29. The van der Waals surface area contributed by atoms with Crippen LogP contribution < -0.4 is 5.32 Å². The van der Waals surface area contributed by atoms with Crippen LogP contribution in [0.25, 0.3) is 0 Å². The highest BCUT2D eigenvalue weighted by molar-refractivity contribution is 9.10. The molecule has 0 saturated carbocycles. The highest BCUT2D eigenvalue weighted by Crippen LogP contribution is 2.24. The molecule has 4 heteroatoms. The fourth-order valence-electron chi connectivity index (χ4n) is 2.33.